The Kier molecular flexibility index (Phi) is 5.79. The van der Waals surface area contributed by atoms with Crippen LogP contribution in [0.4, 0.5) is 10.1 Å². The van der Waals surface area contributed by atoms with Crippen molar-refractivity contribution >= 4 is 21.6 Å². The zero-order valence-corrected chi connectivity index (χ0v) is 15.2. The largest absolute Gasteiger partial charge is 0.350 e. The van der Waals surface area contributed by atoms with E-state index in [-0.39, 0.29) is 12.4 Å². The number of hydrogen-bond donors (Lipinski definition) is 1. The van der Waals surface area contributed by atoms with Gasteiger partial charge in [0.2, 0.25) is 15.9 Å². The Bertz CT molecular complexity index is 851. The molecule has 25 heavy (non-hydrogen) atoms. The molecule has 0 heterocycles. The summed E-state index contributed by atoms with van der Waals surface area (Å²) < 4.78 is 38.4. The monoisotopic (exact) mass is 364 g/mol. The fourth-order valence-corrected chi connectivity index (χ4v) is 3.68. The molecule has 0 aliphatic carbocycles. The quantitative estimate of drug-likeness (QED) is 0.857. The lowest BCUT2D eigenvalue weighted by molar-refractivity contribution is -0.122. The van der Waals surface area contributed by atoms with E-state index in [1.54, 1.807) is 30.3 Å². The molecule has 0 unspecified atom stereocenters. The van der Waals surface area contributed by atoms with Crippen LogP contribution in [0.3, 0.4) is 0 Å². The van der Waals surface area contributed by atoms with Crippen molar-refractivity contribution in [1.29, 1.82) is 0 Å². The highest BCUT2D eigenvalue weighted by Crippen LogP contribution is 2.22. The second-order valence-corrected chi connectivity index (χ2v) is 7.78. The molecule has 1 atom stereocenters. The van der Waals surface area contributed by atoms with Gasteiger partial charge in [-0.25, -0.2) is 12.8 Å². The van der Waals surface area contributed by atoms with Crippen LogP contribution in [-0.2, 0) is 21.4 Å². The smallest absolute Gasteiger partial charge is 0.243 e. The van der Waals surface area contributed by atoms with E-state index in [0.29, 0.717) is 5.69 Å². The molecule has 7 heteroatoms. The maximum Gasteiger partial charge on any atom is 0.243 e. The maximum atomic E-state index is 12.9. The molecule has 1 amide bonds. The molecule has 0 saturated carbocycles. The maximum absolute atomic E-state index is 12.9. The predicted octanol–water partition coefficient (Wildman–Crippen LogP) is 2.61. The minimum absolute atomic E-state index is 0.189. The summed E-state index contributed by atoms with van der Waals surface area (Å²) in [6, 6.07) is 11.8. The van der Waals surface area contributed by atoms with Crippen LogP contribution in [0.25, 0.3) is 0 Å². The number of nitrogens with zero attached hydrogens (tertiary/aromatic N) is 1. The van der Waals surface area contributed by atoms with Crippen LogP contribution in [-0.4, -0.2) is 26.6 Å². The van der Waals surface area contributed by atoms with Crippen molar-refractivity contribution in [3.8, 4) is 0 Å². The Morgan fingerprint density at radius 2 is 1.84 bits per heavy atom. The molecule has 0 bridgehead atoms. The van der Waals surface area contributed by atoms with E-state index in [2.05, 4.69) is 5.32 Å². The van der Waals surface area contributed by atoms with Crippen molar-refractivity contribution in [1.82, 2.24) is 5.32 Å². The molecule has 0 aliphatic heterocycles. The first-order valence-electron chi connectivity index (χ1n) is 7.76. The van der Waals surface area contributed by atoms with Gasteiger partial charge in [0.25, 0.3) is 0 Å². The lowest BCUT2D eigenvalue weighted by atomic mass is 10.2. The number of halogens is 1. The molecule has 2 aromatic carbocycles. The van der Waals surface area contributed by atoms with E-state index in [1.807, 2.05) is 13.0 Å². The van der Waals surface area contributed by atoms with Crippen molar-refractivity contribution < 1.29 is 17.6 Å². The van der Waals surface area contributed by atoms with Gasteiger partial charge >= 0.3 is 0 Å². The third kappa shape index (κ3) is 5.03. The fourth-order valence-electron chi connectivity index (χ4n) is 2.51. The SMILES string of the molecule is Cc1cccc(N([C@H](C)C(=O)NCc2ccc(F)cc2)S(C)(=O)=O)c1. The molecule has 0 spiro atoms. The molecule has 134 valence electrons. The van der Waals surface area contributed by atoms with Crippen molar-refractivity contribution in [2.24, 2.45) is 0 Å². The summed E-state index contributed by atoms with van der Waals surface area (Å²) in [5.74, 6) is -0.789. The van der Waals surface area contributed by atoms with Gasteiger partial charge in [-0.15, -0.1) is 0 Å². The molecule has 2 aromatic rings. The molecule has 0 aromatic heterocycles. The van der Waals surface area contributed by atoms with E-state index in [0.717, 1.165) is 21.7 Å². The fraction of sp³-hybridized carbons (Fsp3) is 0.278. The van der Waals surface area contributed by atoms with E-state index in [1.165, 1.54) is 19.1 Å². The number of hydrogen-bond acceptors (Lipinski definition) is 3. The number of sulfonamides is 1. The van der Waals surface area contributed by atoms with E-state index in [4.69, 9.17) is 0 Å². The van der Waals surface area contributed by atoms with Crippen molar-refractivity contribution in [3.63, 3.8) is 0 Å². The van der Waals surface area contributed by atoms with Gasteiger partial charge in [0, 0.05) is 6.54 Å². The zero-order chi connectivity index (χ0) is 18.6. The summed E-state index contributed by atoms with van der Waals surface area (Å²) in [4.78, 5) is 12.4. The van der Waals surface area contributed by atoms with Crippen LogP contribution in [0.2, 0.25) is 0 Å². The number of rotatable bonds is 6. The summed E-state index contributed by atoms with van der Waals surface area (Å²) >= 11 is 0. The normalized spacial score (nSPS) is 12.5. The van der Waals surface area contributed by atoms with Gasteiger partial charge in [0.1, 0.15) is 11.9 Å². The third-order valence-corrected chi connectivity index (χ3v) is 4.97. The Morgan fingerprint density at radius 1 is 1.20 bits per heavy atom. The summed E-state index contributed by atoms with van der Waals surface area (Å²) in [7, 11) is -3.64. The molecular weight excluding hydrogens is 343 g/mol. The number of aryl methyl sites for hydroxylation is 1. The molecule has 0 fully saturated rings. The molecule has 0 aliphatic rings. The van der Waals surface area contributed by atoms with Gasteiger partial charge in [0.05, 0.1) is 11.9 Å². The highest BCUT2D eigenvalue weighted by Gasteiger charge is 2.28. The molecule has 1 N–H and O–H groups in total. The lowest BCUT2D eigenvalue weighted by Crippen LogP contribution is -2.47. The average molecular weight is 364 g/mol. The van der Waals surface area contributed by atoms with Crippen LogP contribution < -0.4 is 9.62 Å². The Morgan fingerprint density at radius 3 is 2.40 bits per heavy atom. The number of benzene rings is 2. The number of carbonyl (C=O) groups excluding carboxylic acids is 1. The first kappa shape index (κ1) is 18.9. The average Bonchev–Trinajstić information content (AvgIpc) is 2.53. The van der Waals surface area contributed by atoms with Crippen molar-refractivity contribution in [2.45, 2.75) is 26.4 Å². The summed E-state index contributed by atoms with van der Waals surface area (Å²) in [6.45, 7) is 3.57. The number of amides is 1. The van der Waals surface area contributed by atoms with Crippen LogP contribution in [0.5, 0.6) is 0 Å². The summed E-state index contributed by atoms with van der Waals surface area (Å²) in [6.07, 6.45) is 1.07. The number of nitrogens with one attached hydrogen (secondary N) is 1. The standard InChI is InChI=1S/C18H21FN2O3S/c1-13-5-4-6-17(11-13)21(25(3,23)24)14(2)18(22)20-12-15-7-9-16(19)10-8-15/h4-11,14H,12H2,1-3H3,(H,20,22)/t14-/m1/s1. The second kappa shape index (κ2) is 7.65. The van der Waals surface area contributed by atoms with Crippen molar-refractivity contribution in [3.05, 3.63) is 65.5 Å². The molecular formula is C18H21FN2O3S. The van der Waals surface area contributed by atoms with Gasteiger partial charge in [-0.3, -0.25) is 9.10 Å². The topological polar surface area (TPSA) is 66.5 Å². The molecule has 2 rings (SSSR count). The summed E-state index contributed by atoms with van der Waals surface area (Å²) in [5.41, 5.74) is 2.06. The number of anilines is 1. The minimum atomic E-state index is -3.64. The second-order valence-electron chi connectivity index (χ2n) is 5.92. The third-order valence-electron chi connectivity index (χ3n) is 3.72. The van der Waals surface area contributed by atoms with Gasteiger partial charge in [-0.2, -0.15) is 0 Å². The van der Waals surface area contributed by atoms with Crippen LogP contribution in [0.1, 0.15) is 18.1 Å². The molecule has 0 radical (unpaired) electrons. The van der Waals surface area contributed by atoms with E-state index < -0.39 is 22.0 Å². The van der Waals surface area contributed by atoms with Crippen LogP contribution in [0.15, 0.2) is 48.5 Å². The first-order chi connectivity index (χ1) is 11.7. The van der Waals surface area contributed by atoms with Crippen LogP contribution >= 0.6 is 0 Å². The highest BCUT2D eigenvalue weighted by atomic mass is 32.2. The predicted molar refractivity (Wildman–Crippen MR) is 96.2 cm³/mol. The minimum Gasteiger partial charge on any atom is -0.350 e. The molecule has 0 saturated heterocycles. The first-order valence-corrected chi connectivity index (χ1v) is 9.61. The van der Waals surface area contributed by atoms with Crippen molar-refractivity contribution in [2.75, 3.05) is 10.6 Å². The van der Waals surface area contributed by atoms with Gasteiger partial charge < -0.3 is 5.32 Å². The van der Waals surface area contributed by atoms with Gasteiger partial charge in [-0.1, -0.05) is 24.3 Å². The Hall–Kier alpha value is -2.41. The lowest BCUT2D eigenvalue weighted by Gasteiger charge is -2.28. The van der Waals surface area contributed by atoms with Crippen LogP contribution in [0, 0.1) is 12.7 Å². The highest BCUT2D eigenvalue weighted by molar-refractivity contribution is 7.92. The Balaban J connectivity index is 2.17. The zero-order valence-electron chi connectivity index (χ0n) is 14.4. The van der Waals surface area contributed by atoms with E-state index in [9.17, 15) is 17.6 Å². The Labute approximate surface area is 147 Å². The summed E-state index contributed by atoms with van der Waals surface area (Å²) in [5, 5.41) is 2.69. The molecule has 5 nitrogen and oxygen atoms in total. The van der Waals surface area contributed by atoms with E-state index >= 15 is 0 Å². The van der Waals surface area contributed by atoms with Gasteiger partial charge in [0.15, 0.2) is 0 Å². The van der Waals surface area contributed by atoms with Gasteiger partial charge in [-0.05, 0) is 49.2 Å². The number of carbonyl (C=O) groups is 1.